The largest absolute Gasteiger partial charge is 0.507 e. The predicted molar refractivity (Wildman–Crippen MR) is 103 cm³/mol. The number of amides is 1. The fourth-order valence-electron chi connectivity index (χ4n) is 2.89. The van der Waals surface area contributed by atoms with Gasteiger partial charge in [0.05, 0.1) is 24.8 Å². The van der Waals surface area contributed by atoms with Crippen molar-refractivity contribution in [1.29, 1.82) is 0 Å². The summed E-state index contributed by atoms with van der Waals surface area (Å²) in [5, 5.41) is 10.1. The molecule has 2 heterocycles. The first kappa shape index (κ1) is 18.8. The second kappa shape index (κ2) is 7.75. The Bertz CT molecular complexity index is 967. The number of carbonyl (C=O) groups excluding carboxylic acids is 2. The Hall–Kier alpha value is -2.93. The second-order valence-corrected chi connectivity index (χ2v) is 6.88. The lowest BCUT2D eigenvalue weighted by atomic mass is 10.0. The van der Waals surface area contributed by atoms with E-state index in [9.17, 15) is 14.7 Å². The number of methoxy groups -OCH3 is 1. The molecule has 6 nitrogen and oxygen atoms in total. The second-order valence-electron chi connectivity index (χ2n) is 5.97. The standard InChI is InChI=1S/C20H17BrN2O4/c1-12-18(20(26)27-2)16(9-14-8-15(21)5-6-17(14)24)19(25)23(12)11-13-4-3-7-22-10-13/h3-10,24H,11H2,1-2H3/b16-9-. The summed E-state index contributed by atoms with van der Waals surface area (Å²) in [4.78, 5) is 30.9. The number of aromatic hydroxyl groups is 1. The number of pyridine rings is 1. The van der Waals surface area contributed by atoms with Crippen molar-refractivity contribution in [3.05, 3.63) is 75.2 Å². The van der Waals surface area contributed by atoms with E-state index in [1.54, 1.807) is 37.5 Å². The number of rotatable bonds is 4. The van der Waals surface area contributed by atoms with E-state index in [4.69, 9.17) is 4.74 Å². The van der Waals surface area contributed by atoms with Gasteiger partial charge in [-0.1, -0.05) is 22.0 Å². The summed E-state index contributed by atoms with van der Waals surface area (Å²) >= 11 is 3.34. The number of benzene rings is 1. The molecule has 138 valence electrons. The molecule has 1 aliphatic heterocycles. The van der Waals surface area contributed by atoms with Crippen LogP contribution < -0.4 is 0 Å². The highest BCUT2D eigenvalue weighted by molar-refractivity contribution is 9.10. The molecule has 1 aliphatic rings. The van der Waals surface area contributed by atoms with Crippen LogP contribution >= 0.6 is 15.9 Å². The van der Waals surface area contributed by atoms with Gasteiger partial charge in [-0.05, 0) is 42.8 Å². The van der Waals surface area contributed by atoms with Gasteiger partial charge in [-0.2, -0.15) is 0 Å². The van der Waals surface area contributed by atoms with Crippen LogP contribution in [0.1, 0.15) is 18.1 Å². The van der Waals surface area contributed by atoms with E-state index in [0.717, 1.165) is 10.0 Å². The molecule has 27 heavy (non-hydrogen) atoms. The number of hydrogen-bond acceptors (Lipinski definition) is 5. The van der Waals surface area contributed by atoms with Crippen LogP contribution in [0.5, 0.6) is 5.75 Å². The minimum Gasteiger partial charge on any atom is -0.507 e. The van der Waals surface area contributed by atoms with Gasteiger partial charge in [0.2, 0.25) is 0 Å². The molecular weight excluding hydrogens is 412 g/mol. The first-order valence-electron chi connectivity index (χ1n) is 8.13. The SMILES string of the molecule is COC(=O)C1=C(C)N(Cc2cccnc2)C(=O)/C1=C\c1cc(Br)ccc1O. The third kappa shape index (κ3) is 3.78. The van der Waals surface area contributed by atoms with Crippen molar-refractivity contribution >= 4 is 33.9 Å². The summed E-state index contributed by atoms with van der Waals surface area (Å²) in [5.74, 6) is -0.933. The fourth-order valence-corrected chi connectivity index (χ4v) is 3.27. The van der Waals surface area contributed by atoms with E-state index in [2.05, 4.69) is 20.9 Å². The number of nitrogens with zero attached hydrogens (tertiary/aromatic N) is 2. The number of halogens is 1. The van der Waals surface area contributed by atoms with Crippen LogP contribution in [0, 0.1) is 0 Å². The Kier molecular flexibility index (Phi) is 5.41. The summed E-state index contributed by atoms with van der Waals surface area (Å²) in [6, 6.07) is 8.51. The van der Waals surface area contributed by atoms with Gasteiger partial charge < -0.3 is 14.7 Å². The van der Waals surface area contributed by atoms with Crippen molar-refractivity contribution in [1.82, 2.24) is 9.88 Å². The normalized spacial score (nSPS) is 15.6. The fraction of sp³-hybridized carbons (Fsp3) is 0.150. The quantitative estimate of drug-likeness (QED) is 0.595. The summed E-state index contributed by atoms with van der Waals surface area (Å²) < 4.78 is 5.61. The van der Waals surface area contributed by atoms with Crippen molar-refractivity contribution in [3.8, 4) is 5.75 Å². The van der Waals surface area contributed by atoms with Gasteiger partial charge in [0.15, 0.2) is 0 Å². The molecule has 0 saturated carbocycles. The first-order valence-corrected chi connectivity index (χ1v) is 8.92. The molecule has 1 aromatic carbocycles. The number of phenolic OH excluding ortho intramolecular Hbond substituents is 1. The van der Waals surface area contributed by atoms with Crippen LogP contribution in [0.15, 0.2) is 64.0 Å². The molecule has 0 radical (unpaired) electrons. The zero-order valence-electron chi connectivity index (χ0n) is 14.8. The molecular formula is C20H17BrN2O4. The number of allylic oxidation sites excluding steroid dienone is 1. The van der Waals surface area contributed by atoms with Crippen molar-refractivity contribution in [2.24, 2.45) is 0 Å². The molecule has 0 atom stereocenters. The molecule has 0 fully saturated rings. The highest BCUT2D eigenvalue weighted by Gasteiger charge is 2.37. The maximum Gasteiger partial charge on any atom is 0.340 e. The van der Waals surface area contributed by atoms with Gasteiger partial charge >= 0.3 is 5.97 Å². The third-order valence-corrected chi connectivity index (χ3v) is 4.75. The molecule has 0 aliphatic carbocycles. The van der Waals surface area contributed by atoms with Gasteiger partial charge in [-0.15, -0.1) is 0 Å². The monoisotopic (exact) mass is 428 g/mol. The Morgan fingerprint density at radius 3 is 2.81 bits per heavy atom. The number of ether oxygens (including phenoxy) is 1. The Balaban J connectivity index is 2.07. The Morgan fingerprint density at radius 1 is 1.37 bits per heavy atom. The number of hydrogen-bond donors (Lipinski definition) is 1. The van der Waals surface area contributed by atoms with Gasteiger partial charge in [0.1, 0.15) is 5.75 Å². The first-order chi connectivity index (χ1) is 12.9. The minimum atomic E-state index is -0.602. The Labute approximate surface area is 164 Å². The third-order valence-electron chi connectivity index (χ3n) is 4.25. The zero-order chi connectivity index (χ0) is 19.6. The van der Waals surface area contributed by atoms with Crippen LogP contribution in [-0.2, 0) is 20.9 Å². The molecule has 3 rings (SSSR count). The summed E-state index contributed by atoms with van der Waals surface area (Å²) in [5.41, 5.74) is 2.12. The smallest absolute Gasteiger partial charge is 0.340 e. The van der Waals surface area contributed by atoms with Gasteiger partial charge in [0.25, 0.3) is 5.91 Å². The van der Waals surface area contributed by atoms with Crippen LogP contribution in [-0.4, -0.2) is 34.0 Å². The average Bonchev–Trinajstić information content (AvgIpc) is 2.89. The van der Waals surface area contributed by atoms with Crippen LogP contribution in [0.3, 0.4) is 0 Å². The van der Waals surface area contributed by atoms with E-state index in [0.29, 0.717) is 11.3 Å². The van der Waals surface area contributed by atoms with Crippen LogP contribution in [0.25, 0.3) is 6.08 Å². The number of carbonyl (C=O) groups is 2. The molecule has 0 spiro atoms. The van der Waals surface area contributed by atoms with Crippen LogP contribution in [0.2, 0.25) is 0 Å². The van der Waals surface area contributed by atoms with Crippen molar-refractivity contribution < 1.29 is 19.4 Å². The lowest BCUT2D eigenvalue weighted by molar-refractivity contribution is -0.136. The minimum absolute atomic E-state index is 0.00563. The summed E-state index contributed by atoms with van der Waals surface area (Å²) in [6.07, 6.45) is 4.82. The van der Waals surface area contributed by atoms with Crippen molar-refractivity contribution in [2.45, 2.75) is 13.5 Å². The molecule has 1 N–H and O–H groups in total. The molecule has 7 heteroatoms. The molecule has 1 amide bonds. The van der Waals surface area contributed by atoms with E-state index >= 15 is 0 Å². The van der Waals surface area contributed by atoms with E-state index in [-0.39, 0.29) is 29.3 Å². The molecule has 1 aromatic heterocycles. The maximum absolute atomic E-state index is 13.0. The maximum atomic E-state index is 13.0. The number of aromatic nitrogens is 1. The van der Waals surface area contributed by atoms with E-state index < -0.39 is 5.97 Å². The highest BCUT2D eigenvalue weighted by Crippen LogP contribution is 2.34. The van der Waals surface area contributed by atoms with Gasteiger partial charge in [-0.3, -0.25) is 9.78 Å². The van der Waals surface area contributed by atoms with Crippen molar-refractivity contribution in [3.63, 3.8) is 0 Å². The Morgan fingerprint density at radius 2 is 2.15 bits per heavy atom. The average molecular weight is 429 g/mol. The number of phenols is 1. The predicted octanol–water partition coefficient (Wildman–Crippen LogP) is 3.42. The summed E-state index contributed by atoms with van der Waals surface area (Å²) in [7, 11) is 1.27. The van der Waals surface area contributed by atoms with E-state index in [1.165, 1.54) is 24.2 Å². The lowest BCUT2D eigenvalue weighted by Crippen LogP contribution is -2.24. The zero-order valence-corrected chi connectivity index (χ0v) is 16.4. The lowest BCUT2D eigenvalue weighted by Gasteiger charge is -2.17. The van der Waals surface area contributed by atoms with Gasteiger partial charge in [0, 0.05) is 28.1 Å². The van der Waals surface area contributed by atoms with E-state index in [1.807, 2.05) is 6.07 Å². The van der Waals surface area contributed by atoms with Crippen molar-refractivity contribution in [2.75, 3.05) is 7.11 Å². The molecule has 0 saturated heterocycles. The van der Waals surface area contributed by atoms with Crippen LogP contribution in [0.4, 0.5) is 0 Å². The summed E-state index contributed by atoms with van der Waals surface area (Å²) in [6.45, 7) is 1.98. The van der Waals surface area contributed by atoms with Gasteiger partial charge in [-0.25, -0.2) is 4.79 Å². The molecule has 2 aromatic rings. The highest BCUT2D eigenvalue weighted by atomic mass is 79.9. The topological polar surface area (TPSA) is 79.7 Å². The molecule has 0 bridgehead atoms. The number of esters is 1. The molecule has 0 unspecified atom stereocenters.